The number of carbonyl (C=O) groups excluding carboxylic acids is 1. The number of methoxy groups -OCH3 is 1. The summed E-state index contributed by atoms with van der Waals surface area (Å²) in [6.07, 6.45) is -1.44. The highest BCUT2D eigenvalue weighted by molar-refractivity contribution is 7.89. The van der Waals surface area contributed by atoms with E-state index < -0.39 is 40.1 Å². The van der Waals surface area contributed by atoms with Gasteiger partial charge in [0.1, 0.15) is 0 Å². The van der Waals surface area contributed by atoms with Gasteiger partial charge in [-0.15, -0.1) is 0 Å². The molecule has 0 saturated heterocycles. The number of halogens is 2. The molecule has 0 spiro atoms. The Kier molecular flexibility index (Phi) is 5.03. The average molecular weight is 285 g/mol. The molecule has 0 bridgehead atoms. The van der Waals surface area contributed by atoms with E-state index in [1.807, 2.05) is 0 Å². The number of carbonyl (C=O) groups is 1. The van der Waals surface area contributed by atoms with Crippen LogP contribution in [0.2, 0.25) is 0 Å². The molecule has 0 aliphatic heterocycles. The maximum Gasteiger partial charge on any atom is 0.310 e. The maximum atomic E-state index is 12.2. The van der Waals surface area contributed by atoms with Gasteiger partial charge in [-0.2, -0.15) is 4.31 Å². The summed E-state index contributed by atoms with van der Waals surface area (Å²) in [6.45, 7) is -0.854. The van der Waals surface area contributed by atoms with E-state index in [4.69, 9.17) is 0 Å². The average Bonchev–Trinajstić information content (AvgIpc) is 2.76. The van der Waals surface area contributed by atoms with Gasteiger partial charge in [0.05, 0.1) is 24.8 Å². The molecule has 0 aromatic heterocycles. The van der Waals surface area contributed by atoms with Crippen molar-refractivity contribution in [1.82, 2.24) is 4.31 Å². The molecule has 0 heterocycles. The molecular formula is C10H17F2NO4S. The Labute approximate surface area is 105 Å². The minimum Gasteiger partial charge on any atom is -0.469 e. The van der Waals surface area contributed by atoms with E-state index in [-0.39, 0.29) is 0 Å². The monoisotopic (exact) mass is 285 g/mol. The van der Waals surface area contributed by atoms with Crippen LogP contribution in [0.5, 0.6) is 0 Å². The molecule has 5 nitrogen and oxygen atoms in total. The molecule has 8 heteroatoms. The van der Waals surface area contributed by atoms with E-state index in [2.05, 4.69) is 4.74 Å². The molecule has 0 aromatic carbocycles. The summed E-state index contributed by atoms with van der Waals surface area (Å²) in [5.41, 5.74) is 0. The molecule has 106 valence electrons. The van der Waals surface area contributed by atoms with Crippen molar-refractivity contribution in [3.05, 3.63) is 0 Å². The summed E-state index contributed by atoms with van der Waals surface area (Å²) in [5.74, 6) is -1.34. The predicted molar refractivity (Wildman–Crippen MR) is 60.7 cm³/mol. The van der Waals surface area contributed by atoms with Gasteiger partial charge in [0.2, 0.25) is 10.0 Å². The molecule has 0 amide bonds. The van der Waals surface area contributed by atoms with Gasteiger partial charge in [0.25, 0.3) is 6.43 Å². The molecule has 0 radical (unpaired) electrons. The molecular weight excluding hydrogens is 268 g/mol. The third kappa shape index (κ3) is 3.17. The molecule has 1 aliphatic rings. The largest absolute Gasteiger partial charge is 0.469 e. The van der Waals surface area contributed by atoms with Gasteiger partial charge >= 0.3 is 5.97 Å². The van der Waals surface area contributed by atoms with Crippen LogP contribution in [-0.4, -0.2) is 51.1 Å². The van der Waals surface area contributed by atoms with Crippen molar-refractivity contribution in [3.8, 4) is 0 Å². The normalized spacial score (nSPS) is 24.8. The number of hydrogen-bond acceptors (Lipinski definition) is 4. The molecule has 1 rings (SSSR count). The second-order valence-corrected chi connectivity index (χ2v) is 6.57. The molecule has 2 unspecified atom stereocenters. The van der Waals surface area contributed by atoms with Gasteiger partial charge < -0.3 is 4.74 Å². The van der Waals surface area contributed by atoms with Crippen molar-refractivity contribution in [3.63, 3.8) is 0 Å². The lowest BCUT2D eigenvalue weighted by atomic mass is 10.1. The van der Waals surface area contributed by atoms with Crippen molar-refractivity contribution in [1.29, 1.82) is 0 Å². The molecule has 0 N–H and O–H groups in total. The van der Waals surface area contributed by atoms with Gasteiger partial charge in [-0.05, 0) is 12.8 Å². The van der Waals surface area contributed by atoms with Crippen LogP contribution in [0.3, 0.4) is 0 Å². The van der Waals surface area contributed by atoms with Gasteiger partial charge in [-0.25, -0.2) is 17.2 Å². The van der Waals surface area contributed by atoms with Crippen molar-refractivity contribution in [2.75, 3.05) is 20.7 Å². The Balaban J connectivity index is 2.87. The Morgan fingerprint density at radius 1 is 1.44 bits per heavy atom. The van der Waals surface area contributed by atoms with Crippen molar-refractivity contribution in [2.45, 2.75) is 30.9 Å². The zero-order chi connectivity index (χ0) is 13.9. The summed E-state index contributed by atoms with van der Waals surface area (Å²) < 4.78 is 53.8. The lowest BCUT2D eigenvalue weighted by Gasteiger charge is -2.24. The summed E-state index contributed by atoms with van der Waals surface area (Å²) in [4.78, 5) is 11.5. The third-order valence-corrected chi connectivity index (χ3v) is 5.52. The summed E-state index contributed by atoms with van der Waals surface area (Å²) in [5, 5.41) is -0.950. The first-order valence-corrected chi connectivity index (χ1v) is 7.12. The fourth-order valence-electron chi connectivity index (χ4n) is 2.23. The lowest BCUT2D eigenvalue weighted by Crippen LogP contribution is -2.42. The van der Waals surface area contributed by atoms with Crippen LogP contribution in [0.15, 0.2) is 0 Å². The Morgan fingerprint density at radius 3 is 2.56 bits per heavy atom. The maximum absolute atomic E-state index is 12.2. The van der Waals surface area contributed by atoms with Gasteiger partial charge in [-0.1, -0.05) is 6.42 Å². The topological polar surface area (TPSA) is 63.7 Å². The van der Waals surface area contributed by atoms with Gasteiger partial charge in [0.15, 0.2) is 0 Å². The summed E-state index contributed by atoms with van der Waals surface area (Å²) in [7, 11) is -1.59. The van der Waals surface area contributed by atoms with Crippen LogP contribution in [0.4, 0.5) is 8.78 Å². The van der Waals surface area contributed by atoms with Crippen LogP contribution in [0.1, 0.15) is 19.3 Å². The number of ether oxygens (including phenoxy) is 1. The van der Waals surface area contributed by atoms with Gasteiger partial charge in [0, 0.05) is 7.05 Å². The van der Waals surface area contributed by atoms with Gasteiger partial charge in [-0.3, -0.25) is 4.79 Å². The number of sulfonamides is 1. The third-order valence-electron chi connectivity index (χ3n) is 3.17. The second kappa shape index (κ2) is 5.92. The number of rotatable bonds is 5. The van der Waals surface area contributed by atoms with E-state index in [1.54, 1.807) is 0 Å². The Bertz CT molecular complexity index is 399. The van der Waals surface area contributed by atoms with E-state index in [0.29, 0.717) is 23.6 Å². The van der Waals surface area contributed by atoms with Crippen molar-refractivity contribution >= 4 is 16.0 Å². The number of alkyl halides is 2. The molecule has 1 saturated carbocycles. The highest BCUT2D eigenvalue weighted by Crippen LogP contribution is 2.33. The highest BCUT2D eigenvalue weighted by atomic mass is 32.2. The Morgan fingerprint density at radius 2 is 2.06 bits per heavy atom. The minimum absolute atomic E-state index is 0.301. The van der Waals surface area contributed by atoms with Crippen molar-refractivity contribution < 1.29 is 26.7 Å². The van der Waals surface area contributed by atoms with E-state index in [0.717, 1.165) is 7.05 Å². The van der Waals surface area contributed by atoms with Crippen LogP contribution in [0, 0.1) is 5.92 Å². The molecule has 18 heavy (non-hydrogen) atoms. The SMILES string of the molecule is COC(=O)C1CCCC1S(=O)(=O)N(C)CC(F)F. The fourth-order valence-corrected chi connectivity index (χ4v) is 4.14. The van der Waals surface area contributed by atoms with E-state index in [9.17, 15) is 22.0 Å². The van der Waals surface area contributed by atoms with Crippen LogP contribution in [-0.2, 0) is 19.6 Å². The molecule has 1 aliphatic carbocycles. The molecule has 0 aromatic rings. The van der Waals surface area contributed by atoms with Crippen LogP contribution in [0.25, 0.3) is 0 Å². The number of hydrogen-bond donors (Lipinski definition) is 0. The first kappa shape index (κ1) is 15.3. The first-order chi connectivity index (χ1) is 8.30. The zero-order valence-electron chi connectivity index (χ0n) is 10.3. The Hall–Kier alpha value is -0.760. The number of esters is 1. The summed E-state index contributed by atoms with van der Waals surface area (Å²) >= 11 is 0. The van der Waals surface area contributed by atoms with Crippen LogP contribution < -0.4 is 0 Å². The number of nitrogens with zero attached hydrogens (tertiary/aromatic N) is 1. The molecule has 2 atom stereocenters. The van der Waals surface area contributed by atoms with Crippen molar-refractivity contribution in [2.24, 2.45) is 5.92 Å². The summed E-state index contributed by atoms with van der Waals surface area (Å²) in [6, 6.07) is 0. The second-order valence-electron chi connectivity index (χ2n) is 4.32. The standard InChI is InChI=1S/C10H17F2NO4S/c1-13(6-9(11)12)18(15,16)8-5-3-4-7(8)10(14)17-2/h7-9H,3-6H2,1-2H3. The molecule has 1 fully saturated rings. The fraction of sp³-hybridized carbons (Fsp3) is 0.900. The van der Waals surface area contributed by atoms with E-state index in [1.165, 1.54) is 7.11 Å². The first-order valence-electron chi connectivity index (χ1n) is 5.61. The zero-order valence-corrected chi connectivity index (χ0v) is 11.1. The smallest absolute Gasteiger partial charge is 0.310 e. The highest BCUT2D eigenvalue weighted by Gasteiger charge is 2.44. The van der Waals surface area contributed by atoms with E-state index >= 15 is 0 Å². The quantitative estimate of drug-likeness (QED) is 0.703. The lowest BCUT2D eigenvalue weighted by molar-refractivity contribution is -0.145. The predicted octanol–water partition coefficient (Wildman–Crippen LogP) is 0.855. The minimum atomic E-state index is -3.89. The van der Waals surface area contributed by atoms with Crippen LogP contribution >= 0.6 is 0 Å².